The molecular weight excluding hydrogens is 346 g/mol. The van der Waals surface area contributed by atoms with E-state index < -0.39 is 23.5 Å². The van der Waals surface area contributed by atoms with Gasteiger partial charge in [0.2, 0.25) is 5.91 Å². The number of nitrogens with one attached hydrogen (secondary N) is 1. The normalized spacial score (nSPS) is 12.0. The van der Waals surface area contributed by atoms with Crippen molar-refractivity contribution in [3.8, 4) is 5.75 Å². The maximum Gasteiger partial charge on any atom is 0.340 e. The number of hydrogen-bond donors (Lipinski definition) is 2. The Balaban J connectivity index is 2.30. The lowest BCUT2D eigenvalue weighted by molar-refractivity contribution is -0.141. The average molecular weight is 365 g/mol. The number of thioether (sulfide) groups is 1. The Morgan fingerprint density at radius 3 is 2.72 bits per heavy atom. The summed E-state index contributed by atoms with van der Waals surface area (Å²) >= 11 is 1.31. The maximum atomic E-state index is 12.2. The smallest absolute Gasteiger partial charge is 0.340 e. The number of methoxy groups -OCH3 is 1. The predicted molar refractivity (Wildman–Crippen MR) is 95.4 cm³/mol. The Kier molecular flexibility index (Phi) is 6.08. The Morgan fingerprint density at radius 1 is 1.40 bits per heavy atom. The summed E-state index contributed by atoms with van der Waals surface area (Å²) in [7, 11) is 1.51. The summed E-state index contributed by atoms with van der Waals surface area (Å²) in [6.45, 7) is 1.73. The number of carbonyl (C=O) groups is 2. The minimum absolute atomic E-state index is 0.212. The van der Waals surface area contributed by atoms with Crippen molar-refractivity contribution < 1.29 is 23.8 Å². The first-order valence-corrected chi connectivity index (χ1v) is 8.88. The Hall–Kier alpha value is -2.48. The molecule has 2 aromatic rings. The average Bonchev–Trinajstić information content (AvgIpc) is 2.57. The highest BCUT2D eigenvalue weighted by Gasteiger charge is 2.21. The van der Waals surface area contributed by atoms with Crippen molar-refractivity contribution in [1.82, 2.24) is 5.32 Å². The summed E-state index contributed by atoms with van der Waals surface area (Å²) < 4.78 is 10.4. The van der Waals surface area contributed by atoms with Gasteiger partial charge >= 0.3 is 11.6 Å². The fraction of sp³-hybridized carbons (Fsp3) is 0.353. The molecule has 8 heteroatoms. The SMILES string of the molecule is COc1ccc2c(C)c(CC(=O)N[C@@H](CSC)C(=O)O)c(=O)oc2c1. The highest BCUT2D eigenvalue weighted by atomic mass is 32.2. The summed E-state index contributed by atoms with van der Waals surface area (Å²) in [5, 5.41) is 12.2. The van der Waals surface area contributed by atoms with Crippen LogP contribution in [-0.4, -0.2) is 42.1 Å². The number of amides is 1. The van der Waals surface area contributed by atoms with E-state index in [1.54, 1.807) is 31.4 Å². The number of fused-ring (bicyclic) bond motifs is 1. The Morgan fingerprint density at radius 2 is 2.12 bits per heavy atom. The van der Waals surface area contributed by atoms with Crippen molar-refractivity contribution in [1.29, 1.82) is 0 Å². The molecule has 0 aliphatic heterocycles. The van der Waals surface area contributed by atoms with Crippen LogP contribution in [0.1, 0.15) is 11.1 Å². The molecule has 1 amide bonds. The van der Waals surface area contributed by atoms with Crippen LogP contribution in [0, 0.1) is 6.92 Å². The number of hydrogen-bond acceptors (Lipinski definition) is 6. The predicted octanol–water partition coefficient (Wildman–Crippen LogP) is 1.58. The summed E-state index contributed by atoms with van der Waals surface area (Å²) in [6, 6.07) is 4.09. The molecule has 2 rings (SSSR count). The molecule has 134 valence electrons. The molecule has 0 aliphatic rings. The molecule has 1 aromatic heterocycles. The van der Waals surface area contributed by atoms with Crippen molar-refractivity contribution in [2.75, 3.05) is 19.1 Å². The number of aryl methyl sites for hydroxylation is 1. The minimum Gasteiger partial charge on any atom is -0.497 e. The molecule has 0 aliphatic carbocycles. The second-order valence-electron chi connectivity index (χ2n) is 5.45. The maximum absolute atomic E-state index is 12.2. The van der Waals surface area contributed by atoms with Gasteiger partial charge in [0, 0.05) is 17.2 Å². The van der Waals surface area contributed by atoms with Crippen molar-refractivity contribution in [3.05, 3.63) is 39.7 Å². The molecule has 1 heterocycles. The van der Waals surface area contributed by atoms with Gasteiger partial charge in [-0.25, -0.2) is 9.59 Å². The van der Waals surface area contributed by atoms with Crippen LogP contribution in [0.2, 0.25) is 0 Å². The van der Waals surface area contributed by atoms with Gasteiger partial charge in [-0.05, 0) is 30.9 Å². The van der Waals surface area contributed by atoms with E-state index in [9.17, 15) is 14.4 Å². The zero-order valence-electron chi connectivity index (χ0n) is 14.1. The molecule has 0 fully saturated rings. The zero-order chi connectivity index (χ0) is 18.6. The highest BCUT2D eigenvalue weighted by molar-refractivity contribution is 7.98. The number of rotatable bonds is 7. The summed E-state index contributed by atoms with van der Waals surface area (Å²) in [5.74, 6) is -0.852. The molecular formula is C17H19NO6S. The molecule has 0 spiro atoms. The number of ether oxygens (including phenoxy) is 1. The lowest BCUT2D eigenvalue weighted by Gasteiger charge is -2.14. The van der Waals surface area contributed by atoms with E-state index in [1.807, 2.05) is 0 Å². The fourth-order valence-corrected chi connectivity index (χ4v) is 3.01. The van der Waals surface area contributed by atoms with Crippen LogP contribution in [0.15, 0.2) is 27.4 Å². The summed E-state index contributed by atoms with van der Waals surface area (Å²) in [4.78, 5) is 35.5. The minimum atomic E-state index is -1.11. The topological polar surface area (TPSA) is 106 Å². The standard InChI is InChI=1S/C17H19NO6S/c1-9-11-5-4-10(23-2)6-14(11)24-17(22)12(9)7-15(19)18-13(8-25-3)16(20)21/h4-6,13H,7-8H2,1-3H3,(H,18,19)(H,20,21)/t13-/m0/s1. The molecule has 25 heavy (non-hydrogen) atoms. The van der Waals surface area contributed by atoms with E-state index in [0.717, 1.165) is 0 Å². The zero-order valence-corrected chi connectivity index (χ0v) is 14.9. The second-order valence-corrected chi connectivity index (χ2v) is 6.36. The van der Waals surface area contributed by atoms with Crippen molar-refractivity contribution >= 4 is 34.6 Å². The van der Waals surface area contributed by atoms with Crippen LogP contribution in [-0.2, 0) is 16.0 Å². The highest BCUT2D eigenvalue weighted by Crippen LogP contribution is 2.24. The van der Waals surface area contributed by atoms with Gasteiger partial charge in [0.1, 0.15) is 17.4 Å². The van der Waals surface area contributed by atoms with Gasteiger partial charge in [0.05, 0.1) is 19.1 Å². The first-order valence-electron chi connectivity index (χ1n) is 7.48. The van der Waals surface area contributed by atoms with E-state index in [0.29, 0.717) is 22.3 Å². The van der Waals surface area contributed by atoms with Crippen LogP contribution in [0.25, 0.3) is 11.0 Å². The molecule has 1 aromatic carbocycles. The van der Waals surface area contributed by atoms with E-state index in [-0.39, 0.29) is 17.7 Å². The van der Waals surface area contributed by atoms with Crippen LogP contribution < -0.4 is 15.7 Å². The Labute approximate surface area is 148 Å². The van der Waals surface area contributed by atoms with Crippen molar-refractivity contribution in [2.24, 2.45) is 0 Å². The number of benzene rings is 1. The molecule has 0 bridgehead atoms. The van der Waals surface area contributed by atoms with E-state index >= 15 is 0 Å². The molecule has 7 nitrogen and oxygen atoms in total. The van der Waals surface area contributed by atoms with Crippen LogP contribution >= 0.6 is 11.8 Å². The van der Waals surface area contributed by atoms with Gasteiger partial charge in [0.25, 0.3) is 0 Å². The molecule has 0 unspecified atom stereocenters. The van der Waals surface area contributed by atoms with Gasteiger partial charge in [-0.15, -0.1) is 0 Å². The van der Waals surface area contributed by atoms with Crippen molar-refractivity contribution in [3.63, 3.8) is 0 Å². The van der Waals surface area contributed by atoms with Crippen molar-refractivity contribution in [2.45, 2.75) is 19.4 Å². The van der Waals surface area contributed by atoms with E-state index in [4.69, 9.17) is 14.3 Å². The molecule has 1 atom stereocenters. The molecule has 0 saturated heterocycles. The third-order valence-electron chi connectivity index (χ3n) is 3.80. The quantitative estimate of drug-likeness (QED) is 0.718. The van der Waals surface area contributed by atoms with Gasteiger partial charge in [-0.1, -0.05) is 0 Å². The fourth-order valence-electron chi connectivity index (χ4n) is 2.45. The number of carboxylic acid groups (broad SMARTS) is 1. The van der Waals surface area contributed by atoms with Crippen LogP contribution in [0.4, 0.5) is 0 Å². The summed E-state index contributed by atoms with van der Waals surface area (Å²) in [6.07, 6.45) is 1.51. The van der Waals surface area contributed by atoms with Gasteiger partial charge in [0.15, 0.2) is 0 Å². The van der Waals surface area contributed by atoms with Gasteiger partial charge in [-0.2, -0.15) is 11.8 Å². The monoisotopic (exact) mass is 365 g/mol. The first kappa shape index (κ1) is 18.9. The van der Waals surface area contributed by atoms with E-state index in [1.165, 1.54) is 18.9 Å². The molecule has 0 radical (unpaired) electrons. The van der Waals surface area contributed by atoms with E-state index in [2.05, 4.69) is 5.32 Å². The molecule has 2 N–H and O–H groups in total. The number of aliphatic carboxylic acids is 1. The van der Waals surface area contributed by atoms with Gasteiger partial charge < -0.3 is 19.6 Å². The third-order valence-corrected chi connectivity index (χ3v) is 4.47. The molecule has 0 saturated carbocycles. The lowest BCUT2D eigenvalue weighted by Crippen LogP contribution is -2.43. The van der Waals surface area contributed by atoms with Crippen LogP contribution in [0.3, 0.4) is 0 Å². The third kappa shape index (κ3) is 4.33. The largest absolute Gasteiger partial charge is 0.497 e. The number of carboxylic acids is 1. The Bertz CT molecular complexity index is 860. The van der Waals surface area contributed by atoms with Crippen LogP contribution in [0.5, 0.6) is 5.75 Å². The van der Waals surface area contributed by atoms with Gasteiger partial charge in [-0.3, -0.25) is 4.79 Å². The second kappa shape index (κ2) is 8.06. The summed E-state index contributed by atoms with van der Waals surface area (Å²) in [5.41, 5.74) is 0.589. The first-order chi connectivity index (χ1) is 11.9. The lowest BCUT2D eigenvalue weighted by atomic mass is 10.0. The number of carbonyl (C=O) groups excluding carboxylic acids is 1.